The molecule has 2 unspecified atom stereocenters. The third-order valence-corrected chi connectivity index (χ3v) is 8.09. The Bertz CT molecular complexity index is 1300. The molecule has 37 heavy (non-hydrogen) atoms. The van der Waals surface area contributed by atoms with E-state index in [4.69, 9.17) is 21.7 Å². The van der Waals surface area contributed by atoms with Gasteiger partial charge >= 0.3 is 0 Å². The highest BCUT2D eigenvalue weighted by Crippen LogP contribution is 2.47. The van der Waals surface area contributed by atoms with Gasteiger partial charge < -0.3 is 14.4 Å². The molecular formula is C31H30N2O2S2. The minimum atomic E-state index is 0.0415. The SMILES string of the molecule is CCN1C(=S)SC(c2ccc(Oc3ccccc3)cc2)N(CC)C1c1ccc(Oc2ccccc2)cc1. The van der Waals surface area contributed by atoms with Gasteiger partial charge in [0.15, 0.2) is 0 Å². The van der Waals surface area contributed by atoms with E-state index in [1.165, 1.54) is 11.1 Å². The highest BCUT2D eigenvalue weighted by Gasteiger charge is 2.39. The van der Waals surface area contributed by atoms with Crippen LogP contribution in [-0.2, 0) is 0 Å². The van der Waals surface area contributed by atoms with E-state index in [-0.39, 0.29) is 11.5 Å². The summed E-state index contributed by atoms with van der Waals surface area (Å²) in [5, 5.41) is 0.108. The van der Waals surface area contributed by atoms with E-state index in [9.17, 15) is 0 Å². The predicted molar refractivity (Wildman–Crippen MR) is 156 cm³/mol. The number of benzene rings is 4. The Hall–Kier alpha value is -3.32. The molecule has 0 N–H and O–H groups in total. The minimum Gasteiger partial charge on any atom is -0.457 e. The zero-order chi connectivity index (χ0) is 25.6. The molecular weight excluding hydrogens is 496 g/mol. The van der Waals surface area contributed by atoms with Gasteiger partial charge in [0.2, 0.25) is 0 Å². The van der Waals surface area contributed by atoms with E-state index in [0.717, 1.165) is 40.4 Å². The van der Waals surface area contributed by atoms with Crippen molar-refractivity contribution in [2.24, 2.45) is 0 Å². The van der Waals surface area contributed by atoms with Crippen molar-refractivity contribution in [3.05, 3.63) is 120 Å². The Kier molecular flexibility index (Phi) is 8.09. The third-order valence-electron chi connectivity index (χ3n) is 6.36. The van der Waals surface area contributed by atoms with Crippen molar-refractivity contribution in [1.29, 1.82) is 0 Å². The normalized spacial score (nSPS) is 18.0. The number of ether oxygens (including phenoxy) is 2. The van der Waals surface area contributed by atoms with Crippen LogP contribution in [0.4, 0.5) is 0 Å². The van der Waals surface area contributed by atoms with E-state index in [1.54, 1.807) is 11.8 Å². The van der Waals surface area contributed by atoms with Crippen molar-refractivity contribution in [3.63, 3.8) is 0 Å². The molecule has 0 aromatic heterocycles. The smallest absolute Gasteiger partial charge is 0.139 e. The number of hydrogen-bond donors (Lipinski definition) is 0. The summed E-state index contributed by atoms with van der Waals surface area (Å²) in [6, 6.07) is 36.5. The lowest BCUT2D eigenvalue weighted by atomic mass is 10.1. The average molecular weight is 527 g/mol. The molecule has 0 amide bonds. The van der Waals surface area contributed by atoms with Gasteiger partial charge in [-0.3, -0.25) is 4.90 Å². The fourth-order valence-electron chi connectivity index (χ4n) is 4.57. The molecule has 5 rings (SSSR count). The quantitative estimate of drug-likeness (QED) is 0.213. The highest BCUT2D eigenvalue weighted by atomic mass is 32.2. The first kappa shape index (κ1) is 25.3. The molecule has 1 heterocycles. The van der Waals surface area contributed by atoms with Gasteiger partial charge in [0.25, 0.3) is 0 Å². The number of thioether (sulfide) groups is 1. The summed E-state index contributed by atoms with van der Waals surface area (Å²) in [6.07, 6.45) is 0.0415. The molecule has 188 valence electrons. The van der Waals surface area contributed by atoms with Crippen LogP contribution in [0.15, 0.2) is 109 Å². The first-order valence-electron chi connectivity index (χ1n) is 12.5. The largest absolute Gasteiger partial charge is 0.457 e. The van der Waals surface area contributed by atoms with Crippen LogP contribution in [0.3, 0.4) is 0 Å². The molecule has 1 aliphatic heterocycles. The van der Waals surface area contributed by atoms with Crippen LogP contribution in [0, 0.1) is 0 Å². The Morgan fingerprint density at radius 2 is 1.08 bits per heavy atom. The van der Waals surface area contributed by atoms with Crippen LogP contribution in [0.2, 0.25) is 0 Å². The van der Waals surface area contributed by atoms with Crippen molar-refractivity contribution in [2.75, 3.05) is 13.1 Å². The fraction of sp³-hybridized carbons (Fsp3) is 0.194. The van der Waals surface area contributed by atoms with Crippen LogP contribution >= 0.6 is 24.0 Å². The summed E-state index contributed by atoms with van der Waals surface area (Å²) in [6.45, 7) is 6.09. The minimum absolute atomic E-state index is 0.0415. The van der Waals surface area contributed by atoms with Crippen molar-refractivity contribution in [3.8, 4) is 23.0 Å². The second-order valence-electron chi connectivity index (χ2n) is 8.69. The van der Waals surface area contributed by atoms with Crippen LogP contribution in [0.1, 0.15) is 36.5 Å². The molecule has 4 aromatic carbocycles. The Morgan fingerprint density at radius 3 is 1.54 bits per heavy atom. The first-order chi connectivity index (χ1) is 18.2. The highest BCUT2D eigenvalue weighted by molar-refractivity contribution is 8.23. The molecule has 4 nitrogen and oxygen atoms in total. The van der Waals surface area contributed by atoms with Crippen LogP contribution in [0.5, 0.6) is 23.0 Å². The van der Waals surface area contributed by atoms with Crippen molar-refractivity contribution in [2.45, 2.75) is 25.4 Å². The molecule has 6 heteroatoms. The van der Waals surface area contributed by atoms with Crippen LogP contribution in [0.25, 0.3) is 0 Å². The van der Waals surface area contributed by atoms with Crippen molar-refractivity contribution in [1.82, 2.24) is 9.80 Å². The average Bonchev–Trinajstić information content (AvgIpc) is 2.94. The van der Waals surface area contributed by atoms with Gasteiger partial charge in [0.05, 0.1) is 5.37 Å². The molecule has 0 bridgehead atoms. The fourth-order valence-corrected chi connectivity index (χ4v) is 6.32. The maximum atomic E-state index is 6.02. The lowest BCUT2D eigenvalue weighted by molar-refractivity contribution is 0.0851. The summed E-state index contributed by atoms with van der Waals surface area (Å²) < 4.78 is 12.9. The van der Waals surface area contributed by atoms with E-state index in [0.29, 0.717) is 0 Å². The zero-order valence-corrected chi connectivity index (χ0v) is 22.6. The Balaban J connectivity index is 1.38. The number of rotatable bonds is 8. The topological polar surface area (TPSA) is 24.9 Å². The summed E-state index contributed by atoms with van der Waals surface area (Å²) in [7, 11) is 0. The molecule has 0 aliphatic carbocycles. The maximum Gasteiger partial charge on any atom is 0.139 e. The van der Waals surface area contributed by atoms with E-state index in [1.807, 2.05) is 84.9 Å². The third kappa shape index (κ3) is 5.82. The van der Waals surface area contributed by atoms with Gasteiger partial charge in [-0.1, -0.05) is 91.6 Å². The van der Waals surface area contributed by atoms with Gasteiger partial charge in [-0.2, -0.15) is 0 Å². The molecule has 0 spiro atoms. The predicted octanol–water partition coefficient (Wildman–Crippen LogP) is 8.64. The van der Waals surface area contributed by atoms with Gasteiger partial charge in [-0.05, 0) is 73.1 Å². The summed E-state index contributed by atoms with van der Waals surface area (Å²) >= 11 is 7.65. The molecule has 4 aromatic rings. The number of nitrogens with zero attached hydrogens (tertiary/aromatic N) is 2. The standard InChI is InChI=1S/C31H30N2O2S2/c1-3-32-29(23-15-19-27(20-16-23)34-25-11-7-5-8-12-25)33(4-2)31(36)37-30(32)24-17-21-28(22-18-24)35-26-13-9-6-10-14-26/h5-22,29-30H,3-4H2,1-2H3. The van der Waals surface area contributed by atoms with Crippen molar-refractivity contribution < 1.29 is 9.47 Å². The molecule has 1 aliphatic rings. The summed E-state index contributed by atoms with van der Waals surface area (Å²) in [4.78, 5) is 4.81. The molecule has 2 atom stereocenters. The second-order valence-corrected chi connectivity index (χ2v) is 10.4. The van der Waals surface area contributed by atoms with Gasteiger partial charge in [-0.25, -0.2) is 0 Å². The van der Waals surface area contributed by atoms with E-state index < -0.39 is 0 Å². The Morgan fingerprint density at radius 1 is 0.622 bits per heavy atom. The number of para-hydroxylation sites is 2. The lowest BCUT2D eigenvalue weighted by Gasteiger charge is -2.48. The summed E-state index contributed by atoms with van der Waals surface area (Å²) in [5.41, 5.74) is 2.40. The molecule has 1 fully saturated rings. The monoisotopic (exact) mass is 526 g/mol. The van der Waals surface area contributed by atoms with Gasteiger partial charge in [-0.15, -0.1) is 0 Å². The number of thiocarbonyl (C=S) groups is 1. The molecule has 1 saturated heterocycles. The van der Waals surface area contributed by atoms with Crippen molar-refractivity contribution >= 4 is 28.3 Å². The molecule has 0 saturated carbocycles. The van der Waals surface area contributed by atoms with Gasteiger partial charge in [0, 0.05) is 6.54 Å². The zero-order valence-electron chi connectivity index (χ0n) is 21.0. The first-order valence-corrected chi connectivity index (χ1v) is 13.8. The molecule has 0 radical (unpaired) electrons. The maximum absolute atomic E-state index is 6.02. The van der Waals surface area contributed by atoms with E-state index in [2.05, 4.69) is 47.9 Å². The lowest BCUT2D eigenvalue weighted by Crippen LogP contribution is -2.48. The van der Waals surface area contributed by atoms with Crippen LogP contribution < -0.4 is 9.47 Å². The number of hydrogen-bond acceptors (Lipinski definition) is 5. The van der Waals surface area contributed by atoms with Gasteiger partial charge in [0.1, 0.15) is 33.5 Å². The summed E-state index contributed by atoms with van der Waals surface area (Å²) in [5.74, 6) is 3.30. The Labute approximate surface area is 228 Å². The van der Waals surface area contributed by atoms with Crippen LogP contribution in [-0.4, -0.2) is 27.2 Å². The second kappa shape index (κ2) is 11.8. The van der Waals surface area contributed by atoms with E-state index >= 15 is 0 Å².